The Morgan fingerprint density at radius 1 is 1.56 bits per heavy atom. The Kier molecular flexibility index (Phi) is 3.71. The van der Waals surface area contributed by atoms with E-state index in [0.717, 1.165) is 30.2 Å². The van der Waals surface area contributed by atoms with Gasteiger partial charge in [-0.2, -0.15) is 0 Å². The Hall–Kier alpha value is -0.960. The second-order valence-corrected chi connectivity index (χ2v) is 7.12. The SMILES string of the molecule is O=C(O)c1csc(S(=O)(=O)NCC(O)C2CC2)c1. The van der Waals surface area contributed by atoms with E-state index in [9.17, 15) is 18.3 Å². The quantitative estimate of drug-likeness (QED) is 0.708. The molecular formula is C10H13NO5S2. The van der Waals surface area contributed by atoms with Crippen LogP contribution >= 0.6 is 11.3 Å². The summed E-state index contributed by atoms with van der Waals surface area (Å²) in [5.74, 6) is -0.976. The van der Waals surface area contributed by atoms with Gasteiger partial charge in [-0.25, -0.2) is 17.9 Å². The van der Waals surface area contributed by atoms with Gasteiger partial charge in [0.15, 0.2) is 0 Å². The molecule has 1 fully saturated rings. The molecule has 0 aromatic carbocycles. The minimum atomic E-state index is -3.73. The Morgan fingerprint density at radius 2 is 2.22 bits per heavy atom. The van der Waals surface area contributed by atoms with Crippen LogP contribution < -0.4 is 4.72 Å². The Bertz CT molecular complexity index is 546. The van der Waals surface area contributed by atoms with Crippen LogP contribution in [0.5, 0.6) is 0 Å². The van der Waals surface area contributed by atoms with E-state index in [-0.39, 0.29) is 22.2 Å². The van der Waals surface area contributed by atoms with Crippen LogP contribution in [0, 0.1) is 5.92 Å². The number of hydrogen-bond donors (Lipinski definition) is 3. The van der Waals surface area contributed by atoms with Gasteiger partial charge in [0.25, 0.3) is 0 Å². The fourth-order valence-corrected chi connectivity index (χ4v) is 3.73. The van der Waals surface area contributed by atoms with Crippen LogP contribution in [-0.4, -0.2) is 37.2 Å². The molecule has 0 bridgehead atoms. The Morgan fingerprint density at radius 3 is 2.72 bits per heavy atom. The molecule has 3 N–H and O–H groups in total. The highest BCUT2D eigenvalue weighted by Gasteiger charge is 2.30. The van der Waals surface area contributed by atoms with Crippen LogP contribution in [-0.2, 0) is 10.0 Å². The van der Waals surface area contributed by atoms with Crippen molar-refractivity contribution in [3.8, 4) is 0 Å². The van der Waals surface area contributed by atoms with E-state index >= 15 is 0 Å². The second-order valence-electron chi connectivity index (χ2n) is 4.22. The van der Waals surface area contributed by atoms with Crippen molar-refractivity contribution in [2.45, 2.75) is 23.2 Å². The number of sulfonamides is 1. The number of nitrogens with one attached hydrogen (secondary N) is 1. The van der Waals surface area contributed by atoms with Gasteiger partial charge in [-0.15, -0.1) is 11.3 Å². The van der Waals surface area contributed by atoms with Gasteiger partial charge in [0, 0.05) is 11.9 Å². The second kappa shape index (κ2) is 4.96. The Labute approximate surface area is 108 Å². The lowest BCUT2D eigenvalue weighted by molar-refractivity contribution is 0.0697. The summed E-state index contributed by atoms with van der Waals surface area (Å²) in [6.45, 7) is -0.0344. The molecule has 2 rings (SSSR count). The van der Waals surface area contributed by atoms with Crippen molar-refractivity contribution in [3.05, 3.63) is 17.0 Å². The zero-order chi connectivity index (χ0) is 13.3. The molecule has 6 nitrogen and oxygen atoms in total. The van der Waals surface area contributed by atoms with Crippen molar-refractivity contribution in [2.24, 2.45) is 5.92 Å². The van der Waals surface area contributed by atoms with Gasteiger partial charge < -0.3 is 10.2 Å². The van der Waals surface area contributed by atoms with Gasteiger partial charge in [0.2, 0.25) is 10.0 Å². The van der Waals surface area contributed by atoms with E-state index in [1.807, 2.05) is 0 Å². The first-order chi connectivity index (χ1) is 8.40. The van der Waals surface area contributed by atoms with Crippen molar-refractivity contribution < 1.29 is 23.4 Å². The summed E-state index contributed by atoms with van der Waals surface area (Å²) >= 11 is 0.848. The van der Waals surface area contributed by atoms with Gasteiger partial charge in [-0.1, -0.05) is 0 Å². The molecule has 0 radical (unpaired) electrons. The number of carboxylic acid groups (broad SMARTS) is 1. The minimum Gasteiger partial charge on any atom is -0.478 e. The average molecular weight is 291 g/mol. The van der Waals surface area contributed by atoms with Crippen LogP contribution in [0.3, 0.4) is 0 Å². The van der Waals surface area contributed by atoms with Crippen molar-refractivity contribution in [1.82, 2.24) is 4.72 Å². The monoisotopic (exact) mass is 291 g/mol. The number of aromatic carboxylic acids is 1. The number of carbonyl (C=O) groups is 1. The standard InChI is InChI=1S/C10H13NO5S2/c12-8(6-1-2-6)4-11-18(15,16)9-3-7(5-17-9)10(13)14/h3,5-6,8,11-12H,1-2,4H2,(H,13,14). The predicted octanol–water partition coefficient (Wildman–Crippen LogP) is 0.495. The molecule has 0 saturated heterocycles. The zero-order valence-electron chi connectivity index (χ0n) is 9.37. The lowest BCUT2D eigenvalue weighted by Gasteiger charge is -2.09. The molecule has 1 aliphatic carbocycles. The molecule has 1 unspecified atom stereocenters. The van der Waals surface area contributed by atoms with E-state index in [1.165, 1.54) is 5.38 Å². The molecular weight excluding hydrogens is 278 g/mol. The van der Waals surface area contributed by atoms with Crippen molar-refractivity contribution in [2.75, 3.05) is 6.54 Å². The topological polar surface area (TPSA) is 104 Å². The molecule has 0 spiro atoms. The normalized spacial score (nSPS) is 17.6. The molecule has 1 heterocycles. The summed E-state index contributed by atoms with van der Waals surface area (Å²) in [6.07, 6.45) is 1.18. The summed E-state index contributed by atoms with van der Waals surface area (Å²) in [5.41, 5.74) is -0.0527. The number of carboxylic acids is 1. The lowest BCUT2D eigenvalue weighted by atomic mass is 10.2. The smallest absolute Gasteiger partial charge is 0.336 e. The van der Waals surface area contributed by atoms with E-state index < -0.39 is 22.1 Å². The van der Waals surface area contributed by atoms with Crippen LogP contribution in [0.4, 0.5) is 0 Å². The van der Waals surface area contributed by atoms with E-state index in [0.29, 0.717) is 0 Å². The van der Waals surface area contributed by atoms with Crippen LogP contribution in [0.15, 0.2) is 15.7 Å². The molecule has 100 valence electrons. The van der Waals surface area contributed by atoms with Crippen molar-refractivity contribution in [1.29, 1.82) is 0 Å². The average Bonchev–Trinajstić information content (AvgIpc) is 3.02. The maximum atomic E-state index is 11.8. The highest BCUT2D eigenvalue weighted by molar-refractivity contribution is 7.91. The minimum absolute atomic E-state index is 0.0344. The molecule has 1 atom stereocenters. The third-order valence-electron chi connectivity index (χ3n) is 2.74. The number of rotatable bonds is 6. The molecule has 1 aromatic heterocycles. The first-order valence-corrected chi connectivity index (χ1v) is 7.76. The third kappa shape index (κ3) is 3.08. The summed E-state index contributed by atoms with van der Waals surface area (Å²) in [5, 5.41) is 19.6. The highest BCUT2D eigenvalue weighted by Crippen LogP contribution is 2.32. The van der Waals surface area contributed by atoms with Crippen LogP contribution in [0.2, 0.25) is 0 Å². The molecule has 18 heavy (non-hydrogen) atoms. The highest BCUT2D eigenvalue weighted by atomic mass is 32.2. The van der Waals surface area contributed by atoms with Crippen molar-refractivity contribution in [3.63, 3.8) is 0 Å². The molecule has 8 heteroatoms. The number of thiophene rings is 1. The van der Waals surface area contributed by atoms with Crippen LogP contribution in [0.1, 0.15) is 23.2 Å². The number of aliphatic hydroxyl groups excluding tert-OH is 1. The predicted molar refractivity (Wildman–Crippen MR) is 65.2 cm³/mol. The fourth-order valence-electron chi connectivity index (χ4n) is 1.48. The summed E-state index contributed by atoms with van der Waals surface area (Å²) < 4.78 is 25.9. The molecule has 0 aliphatic heterocycles. The molecule has 0 amide bonds. The van der Waals surface area contributed by atoms with E-state index in [4.69, 9.17) is 5.11 Å². The first-order valence-electron chi connectivity index (χ1n) is 5.39. The first kappa shape index (κ1) is 13.5. The molecule has 1 aromatic rings. The maximum Gasteiger partial charge on any atom is 0.336 e. The Balaban J connectivity index is 2.02. The van der Waals surface area contributed by atoms with Gasteiger partial charge >= 0.3 is 5.97 Å². The third-order valence-corrected chi connectivity index (χ3v) is 5.60. The molecule has 1 saturated carbocycles. The van der Waals surface area contributed by atoms with E-state index in [1.54, 1.807) is 0 Å². The fraction of sp³-hybridized carbons (Fsp3) is 0.500. The van der Waals surface area contributed by atoms with Crippen LogP contribution in [0.25, 0.3) is 0 Å². The lowest BCUT2D eigenvalue weighted by Crippen LogP contribution is -2.32. The largest absolute Gasteiger partial charge is 0.478 e. The summed E-state index contributed by atoms with van der Waals surface area (Å²) in [7, 11) is -3.73. The summed E-state index contributed by atoms with van der Waals surface area (Å²) in [6, 6.07) is 1.11. The van der Waals surface area contributed by atoms with Gasteiger partial charge in [-0.05, 0) is 24.8 Å². The van der Waals surface area contributed by atoms with Gasteiger partial charge in [0.1, 0.15) is 4.21 Å². The molecule has 1 aliphatic rings. The van der Waals surface area contributed by atoms with Gasteiger partial charge in [0.05, 0.1) is 11.7 Å². The maximum absolute atomic E-state index is 11.8. The number of hydrogen-bond acceptors (Lipinski definition) is 5. The zero-order valence-corrected chi connectivity index (χ0v) is 11.0. The van der Waals surface area contributed by atoms with Gasteiger partial charge in [-0.3, -0.25) is 0 Å². The number of aliphatic hydroxyl groups is 1. The van der Waals surface area contributed by atoms with E-state index in [2.05, 4.69) is 4.72 Å². The van der Waals surface area contributed by atoms with Crippen molar-refractivity contribution >= 4 is 27.3 Å². The summed E-state index contributed by atoms with van der Waals surface area (Å²) in [4.78, 5) is 10.7.